The molecule has 0 N–H and O–H groups in total. The lowest BCUT2D eigenvalue weighted by Crippen LogP contribution is -2.35. The van der Waals surface area contributed by atoms with Gasteiger partial charge in [0.2, 0.25) is 0 Å². The van der Waals surface area contributed by atoms with Crippen molar-refractivity contribution >= 4 is 52.0 Å². The molecule has 0 unspecified atom stereocenters. The quantitative estimate of drug-likeness (QED) is 0.165. The fourth-order valence-electron chi connectivity index (χ4n) is 2.99. The minimum absolute atomic E-state index is 0.0166. The second kappa shape index (κ2) is 9.13. The van der Waals surface area contributed by atoms with Crippen LogP contribution in [0.4, 0.5) is 42.5 Å². The molecule has 0 saturated heterocycles. The van der Waals surface area contributed by atoms with Gasteiger partial charge in [-0.1, -0.05) is 18.2 Å². The average Bonchev–Trinajstić information content (AvgIpc) is 3.03. The molecule has 0 bridgehead atoms. The molecule has 7 nitrogen and oxygen atoms in total. The smallest absolute Gasteiger partial charge is 0.294 e. The van der Waals surface area contributed by atoms with E-state index in [2.05, 4.69) is 4.98 Å². The van der Waals surface area contributed by atoms with Crippen LogP contribution in [0.5, 0.6) is 0 Å². The summed E-state index contributed by atoms with van der Waals surface area (Å²) in [6, 6.07) is 8.51. The number of carbonyl (C=O) groups excluding carboxylic acids is 1. The molecule has 0 saturated carbocycles. The number of rotatable bonds is 5. The number of halogens is 6. The van der Waals surface area contributed by atoms with Crippen LogP contribution in [0.25, 0.3) is 11.0 Å². The molecule has 1 amide bonds. The fourth-order valence-corrected chi connectivity index (χ4v) is 4.25. The number of nitro groups is 1. The van der Waals surface area contributed by atoms with Crippen LogP contribution in [0, 0.1) is 10.1 Å². The van der Waals surface area contributed by atoms with Crippen molar-refractivity contribution in [2.75, 3.05) is 11.4 Å². The zero-order chi connectivity index (χ0) is 24.6. The SMILES string of the molecule is CCN(C(=O)n1c(SC(F)(F)F)nc2c([N+](=O)[O-])c(SC(F)(F)F)ccc21)c1ccccc1. The molecule has 0 spiro atoms. The number of anilines is 1. The van der Waals surface area contributed by atoms with Crippen molar-refractivity contribution in [2.24, 2.45) is 0 Å². The first-order chi connectivity index (χ1) is 15.3. The third kappa shape index (κ3) is 5.52. The van der Waals surface area contributed by atoms with E-state index < -0.39 is 72.3 Å². The van der Waals surface area contributed by atoms with Crippen LogP contribution >= 0.6 is 23.5 Å². The van der Waals surface area contributed by atoms with Gasteiger partial charge in [0.1, 0.15) is 0 Å². The molecule has 0 fully saturated rings. The van der Waals surface area contributed by atoms with Crippen molar-refractivity contribution in [1.82, 2.24) is 9.55 Å². The lowest BCUT2D eigenvalue weighted by molar-refractivity contribution is -0.386. The number of aromatic nitrogens is 2. The van der Waals surface area contributed by atoms with Gasteiger partial charge in [0.25, 0.3) is 0 Å². The number of benzene rings is 2. The Morgan fingerprint density at radius 3 is 2.18 bits per heavy atom. The Bertz CT molecular complexity index is 1200. The first-order valence-electron chi connectivity index (χ1n) is 8.90. The molecule has 0 aliphatic rings. The highest BCUT2D eigenvalue weighted by Gasteiger charge is 2.38. The van der Waals surface area contributed by atoms with Crippen molar-refractivity contribution in [3.63, 3.8) is 0 Å². The van der Waals surface area contributed by atoms with Gasteiger partial charge in [0, 0.05) is 24.0 Å². The number of hydrogen-bond donors (Lipinski definition) is 0. The van der Waals surface area contributed by atoms with Gasteiger partial charge in [0.05, 0.1) is 15.3 Å². The van der Waals surface area contributed by atoms with Crippen LogP contribution in [0.1, 0.15) is 6.92 Å². The second-order valence-electron chi connectivity index (χ2n) is 6.22. The number of fused-ring (bicyclic) bond motifs is 1. The first kappa shape index (κ1) is 24.7. The molecule has 0 radical (unpaired) electrons. The van der Waals surface area contributed by atoms with Crippen molar-refractivity contribution in [1.29, 1.82) is 0 Å². The summed E-state index contributed by atoms with van der Waals surface area (Å²) in [6.07, 6.45) is 0. The molecule has 1 heterocycles. The molecule has 3 rings (SSSR count). The maximum Gasteiger partial charge on any atom is 0.449 e. The van der Waals surface area contributed by atoms with Crippen LogP contribution in [0.3, 0.4) is 0 Å². The fraction of sp³-hybridized carbons (Fsp3) is 0.222. The monoisotopic (exact) mass is 510 g/mol. The van der Waals surface area contributed by atoms with Gasteiger partial charge >= 0.3 is 22.7 Å². The predicted octanol–water partition coefficient (Wildman–Crippen LogP) is 6.66. The van der Waals surface area contributed by atoms with Crippen LogP contribution in [0.2, 0.25) is 0 Å². The Hall–Kier alpha value is -2.94. The molecule has 0 aliphatic heterocycles. The summed E-state index contributed by atoms with van der Waals surface area (Å²) in [6.45, 7) is 1.57. The second-order valence-corrected chi connectivity index (χ2v) is 8.36. The lowest BCUT2D eigenvalue weighted by atomic mass is 10.2. The normalized spacial score (nSPS) is 12.2. The number of amides is 1. The van der Waals surface area contributed by atoms with E-state index in [1.54, 1.807) is 25.1 Å². The summed E-state index contributed by atoms with van der Waals surface area (Å²) in [4.78, 5) is 27.5. The number of nitro benzene ring substituents is 1. The van der Waals surface area contributed by atoms with Crippen LogP contribution in [-0.4, -0.2) is 38.1 Å². The van der Waals surface area contributed by atoms with Crippen LogP contribution in [-0.2, 0) is 0 Å². The number of carbonyl (C=O) groups is 1. The summed E-state index contributed by atoms with van der Waals surface area (Å²) in [5.41, 5.74) is -11.8. The van der Waals surface area contributed by atoms with Gasteiger partial charge in [-0.3, -0.25) is 15.0 Å². The maximum absolute atomic E-state index is 13.3. The van der Waals surface area contributed by atoms with Crippen molar-refractivity contribution in [3.05, 3.63) is 52.6 Å². The van der Waals surface area contributed by atoms with Gasteiger partial charge < -0.3 is 0 Å². The topological polar surface area (TPSA) is 81.3 Å². The molecular weight excluding hydrogens is 498 g/mol. The third-order valence-electron chi connectivity index (χ3n) is 4.15. The number of alkyl halides is 6. The minimum Gasteiger partial charge on any atom is -0.294 e. The molecule has 176 valence electrons. The van der Waals surface area contributed by atoms with Crippen molar-refractivity contribution < 1.29 is 36.1 Å². The van der Waals surface area contributed by atoms with Gasteiger partial charge in [-0.2, -0.15) is 26.3 Å². The average molecular weight is 510 g/mol. The van der Waals surface area contributed by atoms with E-state index in [1.807, 2.05) is 0 Å². The van der Waals surface area contributed by atoms with E-state index in [0.29, 0.717) is 10.3 Å². The highest BCUT2D eigenvalue weighted by molar-refractivity contribution is 8.00. The summed E-state index contributed by atoms with van der Waals surface area (Å²) >= 11 is -1.60. The summed E-state index contributed by atoms with van der Waals surface area (Å²) in [7, 11) is 0. The molecule has 3 aromatic rings. The number of para-hydroxylation sites is 1. The number of thioether (sulfide) groups is 2. The number of nitrogens with zero attached hydrogens (tertiary/aromatic N) is 4. The maximum atomic E-state index is 13.3. The molecular formula is C18H12F6N4O3S2. The van der Waals surface area contributed by atoms with E-state index in [9.17, 15) is 41.3 Å². The first-order valence-corrected chi connectivity index (χ1v) is 10.5. The molecule has 33 heavy (non-hydrogen) atoms. The van der Waals surface area contributed by atoms with Crippen molar-refractivity contribution in [2.45, 2.75) is 28.0 Å². The lowest BCUT2D eigenvalue weighted by Gasteiger charge is -2.22. The van der Waals surface area contributed by atoms with E-state index in [-0.39, 0.29) is 6.54 Å². The van der Waals surface area contributed by atoms with Gasteiger partial charge in [-0.15, -0.1) is 0 Å². The molecule has 1 aromatic heterocycles. The standard InChI is InChI=1S/C18H12F6N4O3S2/c1-2-26(10-6-4-3-5-7-10)16(29)27-11-8-9-12(32-17(19,20)21)14(28(30)31)13(11)25-15(27)33-18(22,23)24/h3-9H,2H2,1H3. The highest BCUT2D eigenvalue weighted by atomic mass is 32.2. The van der Waals surface area contributed by atoms with E-state index in [1.165, 1.54) is 12.1 Å². The summed E-state index contributed by atoms with van der Waals surface area (Å²) in [5.74, 6) is 0. The molecule has 15 heteroatoms. The van der Waals surface area contributed by atoms with Crippen LogP contribution < -0.4 is 4.90 Å². The molecule has 0 atom stereocenters. The Labute approximate surface area is 189 Å². The molecule has 2 aromatic carbocycles. The largest absolute Gasteiger partial charge is 0.449 e. The summed E-state index contributed by atoms with van der Waals surface area (Å²) < 4.78 is 78.6. The van der Waals surface area contributed by atoms with Crippen LogP contribution in [0.15, 0.2) is 52.5 Å². The predicted molar refractivity (Wildman–Crippen MR) is 110 cm³/mol. The third-order valence-corrected chi connectivity index (χ3v) is 5.62. The van der Waals surface area contributed by atoms with Gasteiger partial charge in [0.15, 0.2) is 10.7 Å². The van der Waals surface area contributed by atoms with Gasteiger partial charge in [-0.05, 0) is 43.0 Å². The molecule has 0 aliphatic carbocycles. The zero-order valence-corrected chi connectivity index (χ0v) is 18.0. The van der Waals surface area contributed by atoms with E-state index in [4.69, 9.17) is 0 Å². The Balaban J connectivity index is 2.28. The number of imidazole rings is 1. The van der Waals surface area contributed by atoms with E-state index >= 15 is 0 Å². The van der Waals surface area contributed by atoms with Gasteiger partial charge in [-0.25, -0.2) is 14.3 Å². The minimum atomic E-state index is -4.93. The van der Waals surface area contributed by atoms with E-state index in [0.717, 1.165) is 17.0 Å². The van der Waals surface area contributed by atoms with Crippen molar-refractivity contribution in [3.8, 4) is 0 Å². The summed E-state index contributed by atoms with van der Waals surface area (Å²) in [5, 5.41) is 10.6. The number of hydrogen-bond acceptors (Lipinski definition) is 6. The highest BCUT2D eigenvalue weighted by Crippen LogP contribution is 2.45. The zero-order valence-electron chi connectivity index (χ0n) is 16.3. The Morgan fingerprint density at radius 2 is 1.67 bits per heavy atom. The Morgan fingerprint density at radius 1 is 1.06 bits per heavy atom. The Kier molecular flexibility index (Phi) is 6.83.